The number of nitrogens with one attached hydrogen (secondary N) is 1. The Hall–Kier alpha value is -0.610. The summed E-state index contributed by atoms with van der Waals surface area (Å²) in [6.45, 7) is 5.60. The van der Waals surface area contributed by atoms with E-state index in [9.17, 15) is 4.79 Å². The average molecular weight is 200 g/mol. The van der Waals surface area contributed by atoms with Crippen molar-refractivity contribution in [3.8, 4) is 0 Å². The van der Waals surface area contributed by atoms with E-state index in [0.717, 1.165) is 19.4 Å². The number of nitrogens with zero attached hydrogens (tertiary/aromatic N) is 1. The van der Waals surface area contributed by atoms with Crippen LogP contribution in [-0.2, 0) is 4.79 Å². The van der Waals surface area contributed by atoms with Gasteiger partial charge >= 0.3 is 0 Å². The maximum absolute atomic E-state index is 11.7. The van der Waals surface area contributed by atoms with Gasteiger partial charge in [0.2, 0.25) is 5.91 Å². The van der Waals surface area contributed by atoms with Gasteiger partial charge in [0.1, 0.15) is 0 Å². The molecule has 1 fully saturated rings. The number of aliphatic hydroxyl groups is 1. The van der Waals surface area contributed by atoms with Crippen LogP contribution in [0.25, 0.3) is 0 Å². The van der Waals surface area contributed by atoms with Crippen LogP contribution in [0.2, 0.25) is 0 Å². The fourth-order valence-corrected chi connectivity index (χ4v) is 1.99. The molecule has 1 heterocycles. The zero-order valence-corrected chi connectivity index (χ0v) is 8.99. The van der Waals surface area contributed by atoms with E-state index in [0.29, 0.717) is 12.6 Å². The maximum Gasteiger partial charge on any atom is 0.237 e. The zero-order valence-electron chi connectivity index (χ0n) is 8.99. The lowest BCUT2D eigenvalue weighted by atomic mass is 10.2. The van der Waals surface area contributed by atoms with E-state index >= 15 is 0 Å². The van der Waals surface area contributed by atoms with Crippen molar-refractivity contribution >= 4 is 5.91 Å². The Labute approximate surface area is 85.3 Å². The molecule has 4 nitrogen and oxygen atoms in total. The molecule has 1 saturated heterocycles. The third-order valence-electron chi connectivity index (χ3n) is 2.67. The van der Waals surface area contributed by atoms with Crippen LogP contribution in [0.15, 0.2) is 0 Å². The van der Waals surface area contributed by atoms with E-state index in [1.807, 2.05) is 0 Å². The van der Waals surface area contributed by atoms with E-state index < -0.39 is 0 Å². The van der Waals surface area contributed by atoms with E-state index in [1.165, 1.54) is 0 Å². The Kier molecular flexibility index (Phi) is 4.35. The van der Waals surface area contributed by atoms with Gasteiger partial charge in [-0.1, -0.05) is 0 Å². The number of hydrogen-bond donors (Lipinski definition) is 2. The zero-order chi connectivity index (χ0) is 10.6. The van der Waals surface area contributed by atoms with E-state index in [2.05, 4.69) is 24.1 Å². The molecule has 82 valence electrons. The number of hydrogen-bond acceptors (Lipinski definition) is 3. The highest BCUT2D eigenvalue weighted by Crippen LogP contribution is 2.19. The van der Waals surface area contributed by atoms with Crippen LogP contribution in [0, 0.1) is 0 Å². The fraction of sp³-hybridized carbons (Fsp3) is 0.900. The number of carbonyl (C=O) groups excluding carboxylic acids is 1. The third-order valence-corrected chi connectivity index (χ3v) is 2.67. The molecule has 1 atom stereocenters. The minimum atomic E-state index is 0.0140. The topological polar surface area (TPSA) is 52.6 Å². The van der Waals surface area contributed by atoms with Crippen molar-refractivity contribution in [3.05, 3.63) is 0 Å². The van der Waals surface area contributed by atoms with Crippen molar-refractivity contribution < 1.29 is 9.90 Å². The molecule has 0 aromatic carbocycles. The smallest absolute Gasteiger partial charge is 0.237 e. The number of amides is 1. The number of carbonyl (C=O) groups is 1. The molecule has 1 aliphatic rings. The highest BCUT2D eigenvalue weighted by Gasteiger charge is 2.31. The lowest BCUT2D eigenvalue weighted by Gasteiger charge is -2.27. The van der Waals surface area contributed by atoms with Gasteiger partial charge in [-0.2, -0.15) is 0 Å². The fourth-order valence-electron chi connectivity index (χ4n) is 1.99. The van der Waals surface area contributed by atoms with E-state index in [4.69, 9.17) is 5.11 Å². The molecular formula is C10H20N2O2. The summed E-state index contributed by atoms with van der Waals surface area (Å²) in [5.41, 5.74) is 0. The quantitative estimate of drug-likeness (QED) is 0.670. The Bertz CT molecular complexity index is 195. The molecule has 0 radical (unpaired) electrons. The van der Waals surface area contributed by atoms with Crippen LogP contribution >= 0.6 is 0 Å². The van der Waals surface area contributed by atoms with Crippen LogP contribution in [0.1, 0.15) is 26.7 Å². The number of aliphatic hydroxyl groups excluding tert-OH is 1. The lowest BCUT2D eigenvalue weighted by Crippen LogP contribution is -2.46. The molecule has 0 saturated carbocycles. The first-order valence-electron chi connectivity index (χ1n) is 5.31. The van der Waals surface area contributed by atoms with E-state index in [1.54, 1.807) is 0 Å². The maximum atomic E-state index is 11.7. The summed E-state index contributed by atoms with van der Waals surface area (Å²) in [6, 6.07) is 0.434. The molecule has 4 heteroatoms. The minimum absolute atomic E-state index is 0.0140. The first kappa shape index (κ1) is 11.5. The van der Waals surface area contributed by atoms with Gasteiger partial charge in [0.25, 0.3) is 0 Å². The highest BCUT2D eigenvalue weighted by molar-refractivity contribution is 5.82. The Morgan fingerprint density at radius 3 is 2.93 bits per heavy atom. The third kappa shape index (κ3) is 2.69. The molecule has 0 bridgehead atoms. The Balaban J connectivity index is 2.45. The largest absolute Gasteiger partial charge is 0.395 e. The van der Waals surface area contributed by atoms with Gasteiger partial charge in [-0.25, -0.2) is 0 Å². The molecule has 2 N–H and O–H groups in total. The molecule has 1 amide bonds. The molecule has 0 spiro atoms. The lowest BCUT2D eigenvalue weighted by molar-refractivity contribution is -0.126. The predicted octanol–water partition coefficient (Wildman–Crippen LogP) is -0.0323. The summed E-state index contributed by atoms with van der Waals surface area (Å²) >= 11 is 0. The van der Waals surface area contributed by atoms with Crippen LogP contribution in [0.4, 0.5) is 0 Å². The molecule has 14 heavy (non-hydrogen) atoms. The van der Waals surface area contributed by atoms with Crippen LogP contribution in [0.3, 0.4) is 0 Å². The van der Waals surface area contributed by atoms with Crippen molar-refractivity contribution in [2.45, 2.75) is 38.8 Å². The summed E-state index contributed by atoms with van der Waals surface area (Å²) in [6.07, 6.45) is 2.03. The minimum Gasteiger partial charge on any atom is -0.395 e. The van der Waals surface area contributed by atoms with Gasteiger partial charge in [-0.3, -0.25) is 9.69 Å². The van der Waals surface area contributed by atoms with Crippen molar-refractivity contribution in [1.29, 1.82) is 0 Å². The predicted molar refractivity (Wildman–Crippen MR) is 55.0 cm³/mol. The van der Waals surface area contributed by atoms with Gasteiger partial charge in [-0.15, -0.1) is 0 Å². The highest BCUT2D eigenvalue weighted by atomic mass is 16.3. The summed E-state index contributed by atoms with van der Waals surface area (Å²) in [5, 5.41) is 11.3. The summed E-state index contributed by atoms with van der Waals surface area (Å²) in [5.74, 6) is 0.0604. The van der Waals surface area contributed by atoms with E-state index in [-0.39, 0.29) is 18.6 Å². The van der Waals surface area contributed by atoms with Crippen molar-refractivity contribution in [3.63, 3.8) is 0 Å². The molecule has 0 aliphatic carbocycles. The van der Waals surface area contributed by atoms with Crippen molar-refractivity contribution in [2.24, 2.45) is 0 Å². The van der Waals surface area contributed by atoms with Crippen molar-refractivity contribution in [2.75, 3.05) is 19.7 Å². The molecule has 0 aromatic rings. The van der Waals surface area contributed by atoms with Gasteiger partial charge in [0.05, 0.1) is 12.6 Å². The molecule has 0 aromatic heterocycles. The Morgan fingerprint density at radius 1 is 1.64 bits per heavy atom. The summed E-state index contributed by atoms with van der Waals surface area (Å²) < 4.78 is 0. The average Bonchev–Trinajstić information content (AvgIpc) is 2.62. The molecule has 1 unspecified atom stereocenters. The second kappa shape index (κ2) is 5.32. The Morgan fingerprint density at radius 2 is 2.36 bits per heavy atom. The summed E-state index contributed by atoms with van der Waals surface area (Å²) in [7, 11) is 0. The standard InChI is InChI=1S/C10H20N2O2/c1-8(2)12-6-3-4-9(12)10(14)11-5-7-13/h8-9,13H,3-7H2,1-2H3,(H,11,14). The van der Waals surface area contributed by atoms with Crippen molar-refractivity contribution in [1.82, 2.24) is 10.2 Å². The second-order valence-electron chi connectivity index (χ2n) is 4.00. The van der Waals surface area contributed by atoms with Crippen LogP contribution in [0.5, 0.6) is 0 Å². The van der Waals surface area contributed by atoms with Crippen LogP contribution in [-0.4, -0.2) is 47.7 Å². The van der Waals surface area contributed by atoms with Crippen LogP contribution < -0.4 is 5.32 Å². The molecular weight excluding hydrogens is 180 g/mol. The monoisotopic (exact) mass is 200 g/mol. The SMILES string of the molecule is CC(C)N1CCCC1C(=O)NCCO. The van der Waals surface area contributed by atoms with Gasteiger partial charge in [-0.05, 0) is 33.2 Å². The molecule has 1 rings (SSSR count). The normalized spacial score (nSPS) is 23.0. The first-order valence-corrected chi connectivity index (χ1v) is 5.31. The van der Waals surface area contributed by atoms with Gasteiger partial charge < -0.3 is 10.4 Å². The van der Waals surface area contributed by atoms with Gasteiger partial charge in [0, 0.05) is 12.6 Å². The second-order valence-corrected chi connectivity index (χ2v) is 4.00. The molecule has 1 aliphatic heterocycles. The number of rotatable bonds is 4. The first-order chi connectivity index (χ1) is 6.66. The summed E-state index contributed by atoms with van der Waals surface area (Å²) in [4.78, 5) is 13.9. The number of likely N-dealkylation sites (tertiary alicyclic amines) is 1. The van der Waals surface area contributed by atoms with Gasteiger partial charge in [0.15, 0.2) is 0 Å².